The Morgan fingerprint density at radius 1 is 1.12 bits per heavy atom. The summed E-state index contributed by atoms with van der Waals surface area (Å²) in [4.78, 5) is 26.3. The number of aryl methyl sites for hydroxylation is 1. The fraction of sp³-hybridized carbons (Fsp3) is 0.458. The lowest BCUT2D eigenvalue weighted by molar-refractivity contribution is -0.145. The van der Waals surface area contributed by atoms with E-state index in [4.69, 9.17) is 10.1 Å². The first-order chi connectivity index (χ1) is 16.0. The molecule has 3 rings (SSSR count). The molecule has 0 radical (unpaired) electrons. The highest BCUT2D eigenvalue weighted by atomic mass is 16.5. The molecule has 2 amide bonds. The lowest BCUT2D eigenvalue weighted by Crippen LogP contribution is -2.53. The second-order valence-corrected chi connectivity index (χ2v) is 8.51. The Hall–Kier alpha value is -2.91. The lowest BCUT2D eigenvalue weighted by atomic mass is 9.83. The molecule has 9 heteroatoms. The molecule has 0 unspecified atom stereocenters. The highest BCUT2D eigenvalue weighted by Gasteiger charge is 2.48. The Balaban J connectivity index is 1.54. The Kier molecular flexibility index (Phi) is 9.27. The molecule has 2 aromatic rings. The molecule has 1 fully saturated rings. The molecule has 1 atom stereocenters. The van der Waals surface area contributed by atoms with Crippen LogP contribution in [-0.4, -0.2) is 41.9 Å². The number of aromatic nitrogens is 1. The second kappa shape index (κ2) is 12.4. The van der Waals surface area contributed by atoms with Crippen molar-refractivity contribution in [3.63, 3.8) is 0 Å². The molecule has 176 valence electrons. The molecule has 33 heavy (non-hydrogen) atoms. The van der Waals surface area contributed by atoms with Crippen molar-refractivity contribution in [3.8, 4) is 0 Å². The summed E-state index contributed by atoms with van der Waals surface area (Å²) in [6.45, 7) is 1.16. The number of pyridine rings is 1. The normalized spacial score (nSPS) is 15.5. The monoisotopic (exact) mass is 452 g/mol. The molecule has 0 bridgehead atoms. The smallest absolute Gasteiger partial charge is 0.430 e. The van der Waals surface area contributed by atoms with Crippen molar-refractivity contribution in [2.45, 2.75) is 57.7 Å². The highest BCUT2D eigenvalue weighted by Crippen LogP contribution is 2.39. The molecule has 1 aliphatic carbocycles. The summed E-state index contributed by atoms with van der Waals surface area (Å²) >= 11 is 0. The van der Waals surface area contributed by atoms with E-state index < -0.39 is 19.3 Å². The minimum absolute atomic E-state index is 0.234. The fourth-order valence-corrected chi connectivity index (χ4v) is 4.31. The van der Waals surface area contributed by atoms with Gasteiger partial charge in [-0.1, -0.05) is 43.2 Å². The third-order valence-corrected chi connectivity index (χ3v) is 6.21. The number of benzene rings is 1. The second-order valence-electron chi connectivity index (χ2n) is 8.51. The average Bonchev–Trinajstić information content (AvgIpc) is 3.33. The van der Waals surface area contributed by atoms with Crippen molar-refractivity contribution in [3.05, 3.63) is 65.8 Å². The van der Waals surface area contributed by atoms with Crippen LogP contribution in [0.25, 0.3) is 0 Å². The molecule has 1 heterocycles. The molecule has 1 aromatic carbocycles. The van der Waals surface area contributed by atoms with Crippen molar-refractivity contribution in [1.82, 2.24) is 15.2 Å². The minimum Gasteiger partial charge on any atom is -0.430 e. The number of carbonyl (C=O) groups is 2. The molecule has 8 nitrogen and oxygen atoms in total. The van der Waals surface area contributed by atoms with Crippen LogP contribution in [0.3, 0.4) is 0 Å². The van der Waals surface area contributed by atoms with E-state index >= 15 is 0 Å². The number of rotatable bonds is 12. The van der Waals surface area contributed by atoms with E-state index in [0.29, 0.717) is 50.6 Å². The molecular formula is C24H33BN4O4. The minimum atomic E-state index is -1.09. The maximum atomic E-state index is 13.2. The van der Waals surface area contributed by atoms with Crippen LogP contribution < -0.4 is 16.0 Å². The summed E-state index contributed by atoms with van der Waals surface area (Å²) in [5.41, 5.74) is 0.0429. The number of nitrogens with one attached hydrogen (secondary N) is 3. The van der Waals surface area contributed by atoms with Crippen LogP contribution in [0.15, 0.2) is 54.9 Å². The van der Waals surface area contributed by atoms with Gasteiger partial charge in [-0.15, -0.1) is 0 Å². The quantitative estimate of drug-likeness (QED) is 0.221. The zero-order valence-corrected chi connectivity index (χ0v) is 19.0. The van der Waals surface area contributed by atoms with Crippen LogP contribution in [0.2, 0.25) is 0 Å². The van der Waals surface area contributed by atoms with Crippen LogP contribution in [0.5, 0.6) is 0 Å². The van der Waals surface area contributed by atoms with E-state index in [1.165, 1.54) is 0 Å². The van der Waals surface area contributed by atoms with Gasteiger partial charge in [0.25, 0.3) is 0 Å². The van der Waals surface area contributed by atoms with E-state index in [0.717, 1.165) is 18.4 Å². The predicted molar refractivity (Wildman–Crippen MR) is 126 cm³/mol. The number of amides is 2. The zero-order chi connectivity index (χ0) is 23.5. The third kappa shape index (κ3) is 7.04. The summed E-state index contributed by atoms with van der Waals surface area (Å²) in [6, 6.07) is 13.3. The Labute approximate surface area is 195 Å². The topological polar surface area (TPSA) is 116 Å². The third-order valence-electron chi connectivity index (χ3n) is 6.21. The Morgan fingerprint density at radius 3 is 2.48 bits per heavy atom. The summed E-state index contributed by atoms with van der Waals surface area (Å²) in [5, 5.41) is 23.1. The van der Waals surface area contributed by atoms with Crippen LogP contribution in [0.1, 0.15) is 44.1 Å². The van der Waals surface area contributed by atoms with E-state index in [9.17, 15) is 14.6 Å². The average molecular weight is 452 g/mol. The molecule has 1 saturated carbocycles. The molecule has 1 aromatic heterocycles. The summed E-state index contributed by atoms with van der Waals surface area (Å²) in [6.07, 6.45) is 7.56. The van der Waals surface area contributed by atoms with Crippen LogP contribution in [0.4, 0.5) is 0 Å². The van der Waals surface area contributed by atoms with Crippen molar-refractivity contribution < 1.29 is 19.3 Å². The number of hydrogen-bond acceptors (Lipinski definition) is 5. The van der Waals surface area contributed by atoms with Crippen LogP contribution >= 0.6 is 0 Å². The summed E-state index contributed by atoms with van der Waals surface area (Å²) in [5.74, 6) is -0.566. The Morgan fingerprint density at radius 2 is 1.82 bits per heavy atom. The van der Waals surface area contributed by atoms with Crippen molar-refractivity contribution in [1.29, 1.82) is 5.41 Å². The van der Waals surface area contributed by atoms with Gasteiger partial charge in [0.2, 0.25) is 11.8 Å². The summed E-state index contributed by atoms with van der Waals surface area (Å²) < 4.78 is 7.30. The molecule has 4 N–H and O–H groups in total. The number of carbonyl (C=O) groups excluding carboxylic acids is 2. The van der Waals surface area contributed by atoms with Gasteiger partial charge >= 0.3 is 7.69 Å². The van der Waals surface area contributed by atoms with Gasteiger partial charge in [0.1, 0.15) is 11.6 Å². The van der Waals surface area contributed by atoms with Crippen molar-refractivity contribution >= 4 is 19.5 Å². The molecular weight excluding hydrogens is 419 g/mol. The number of nitrogens with zero attached hydrogens (tertiary/aromatic N) is 1. The first-order valence-electron chi connectivity index (χ1n) is 11.6. The first-order valence-corrected chi connectivity index (χ1v) is 11.6. The van der Waals surface area contributed by atoms with Gasteiger partial charge < -0.3 is 30.3 Å². The summed E-state index contributed by atoms with van der Waals surface area (Å²) in [7, 11) is -0.512. The van der Waals surface area contributed by atoms with Gasteiger partial charge in [0.15, 0.2) is 0 Å². The Bertz CT molecular complexity index is 940. The van der Waals surface area contributed by atoms with E-state index in [-0.39, 0.29) is 11.8 Å². The maximum Gasteiger partial charge on any atom is 0.436 e. The predicted octanol–water partition coefficient (Wildman–Crippen LogP) is 1.38. The molecule has 0 spiro atoms. The maximum absolute atomic E-state index is 13.2. The van der Waals surface area contributed by atoms with E-state index in [2.05, 4.69) is 10.6 Å². The SMILES string of the molecule is N=c1ccn(CCC[C@H](NC(=O)C2(C(=O)NCCc3ccccc3)CCCC2)OBO)cc1. The van der Waals surface area contributed by atoms with Crippen LogP contribution in [-0.2, 0) is 27.2 Å². The van der Waals surface area contributed by atoms with Gasteiger partial charge in [-0.3, -0.25) is 9.59 Å². The standard InChI is InChI=1S/C24H33BN4O4/c26-20-11-17-29(18-12-20)16-6-9-21(33-25-32)28-23(31)24(13-4-5-14-24)22(30)27-15-10-19-7-2-1-3-8-19/h1-3,7-8,11-12,17-18,21,25-26,32H,4-6,9-10,13-16H2,(H,27,30)(H,28,31)/t21-/m1/s1. The van der Waals surface area contributed by atoms with E-state index in [1.54, 1.807) is 12.1 Å². The van der Waals surface area contributed by atoms with E-state index in [1.807, 2.05) is 47.3 Å². The van der Waals surface area contributed by atoms with Crippen molar-refractivity contribution in [2.75, 3.05) is 6.54 Å². The first kappa shape index (κ1) is 24.7. The fourth-order valence-electron chi connectivity index (χ4n) is 4.31. The molecule has 0 saturated heterocycles. The van der Waals surface area contributed by atoms with Gasteiger partial charge in [0.05, 0.1) is 5.36 Å². The van der Waals surface area contributed by atoms with Gasteiger partial charge in [-0.05, 0) is 49.8 Å². The van der Waals surface area contributed by atoms with Gasteiger partial charge in [0, 0.05) is 25.5 Å². The lowest BCUT2D eigenvalue weighted by Gasteiger charge is -2.29. The van der Waals surface area contributed by atoms with Crippen LogP contribution in [0, 0.1) is 10.8 Å². The molecule has 1 aliphatic rings. The molecule has 0 aliphatic heterocycles. The highest BCUT2D eigenvalue weighted by molar-refractivity contribution is 6.16. The van der Waals surface area contributed by atoms with Gasteiger partial charge in [-0.25, -0.2) is 0 Å². The number of hydrogen-bond donors (Lipinski definition) is 4. The largest absolute Gasteiger partial charge is 0.436 e. The zero-order valence-electron chi connectivity index (χ0n) is 19.0. The van der Waals surface area contributed by atoms with Gasteiger partial charge in [-0.2, -0.15) is 0 Å². The van der Waals surface area contributed by atoms with Crippen molar-refractivity contribution in [2.24, 2.45) is 5.41 Å².